The zero-order chi connectivity index (χ0) is 28.8. The topological polar surface area (TPSA) is 120 Å². The maximum absolute atomic E-state index is 15.5. The Morgan fingerprint density at radius 2 is 1.83 bits per heavy atom. The highest BCUT2D eigenvalue weighted by Crippen LogP contribution is 2.36. The van der Waals surface area contributed by atoms with Crippen molar-refractivity contribution in [2.75, 3.05) is 36.4 Å². The minimum absolute atomic E-state index is 0.0511. The summed E-state index contributed by atoms with van der Waals surface area (Å²) in [4.78, 5) is 43.3. The SMILES string of the molecule is O=C1CC=Nc2nc(-c3ccc(C(=O)N4CC5CCC(C4)O5)cc3F)cc(Nc3ccc(N4CCC(O)CC4)cn3)c21. The molecule has 4 aliphatic rings. The van der Waals surface area contributed by atoms with Crippen LogP contribution < -0.4 is 10.2 Å². The molecule has 1 amide bonds. The van der Waals surface area contributed by atoms with Crippen molar-refractivity contribution < 1.29 is 23.8 Å². The van der Waals surface area contributed by atoms with Crippen molar-refractivity contribution in [2.45, 2.75) is 50.4 Å². The number of aromatic nitrogens is 2. The molecule has 6 heterocycles. The Balaban J connectivity index is 1.16. The number of amides is 1. The van der Waals surface area contributed by atoms with E-state index in [4.69, 9.17) is 4.74 Å². The molecule has 0 radical (unpaired) electrons. The lowest BCUT2D eigenvalue weighted by Gasteiger charge is -2.32. The van der Waals surface area contributed by atoms with Gasteiger partial charge in [-0.25, -0.2) is 19.4 Å². The van der Waals surface area contributed by atoms with Crippen molar-refractivity contribution in [1.29, 1.82) is 0 Å². The maximum Gasteiger partial charge on any atom is 0.254 e. The highest BCUT2D eigenvalue weighted by Gasteiger charge is 2.36. The number of carbonyl (C=O) groups is 2. The average molecular weight is 571 g/mol. The minimum Gasteiger partial charge on any atom is -0.393 e. The van der Waals surface area contributed by atoms with Gasteiger partial charge in [-0.05, 0) is 62.1 Å². The third-order valence-corrected chi connectivity index (χ3v) is 8.43. The van der Waals surface area contributed by atoms with Crippen molar-refractivity contribution in [1.82, 2.24) is 14.9 Å². The number of fused-ring (bicyclic) bond motifs is 3. The van der Waals surface area contributed by atoms with Crippen LogP contribution in [-0.2, 0) is 4.74 Å². The summed E-state index contributed by atoms with van der Waals surface area (Å²) in [6, 6.07) is 9.79. The molecule has 2 bridgehead atoms. The first-order chi connectivity index (χ1) is 20.4. The molecule has 2 atom stereocenters. The van der Waals surface area contributed by atoms with Crippen molar-refractivity contribution in [3.05, 3.63) is 59.5 Å². The molecule has 4 aliphatic heterocycles. The number of ether oxygens (including phenoxy) is 1. The first-order valence-corrected chi connectivity index (χ1v) is 14.4. The first-order valence-electron chi connectivity index (χ1n) is 14.4. The number of hydrogen-bond donors (Lipinski definition) is 2. The summed E-state index contributed by atoms with van der Waals surface area (Å²) in [5, 5.41) is 13.0. The van der Waals surface area contributed by atoms with E-state index in [1.54, 1.807) is 29.3 Å². The minimum atomic E-state index is -0.587. The molecular weight excluding hydrogens is 539 g/mol. The summed E-state index contributed by atoms with van der Waals surface area (Å²) in [5.74, 6) is -0.231. The monoisotopic (exact) mass is 570 g/mol. The molecule has 0 aliphatic carbocycles. The van der Waals surface area contributed by atoms with Crippen LogP contribution in [0.3, 0.4) is 0 Å². The smallest absolute Gasteiger partial charge is 0.254 e. The molecule has 42 heavy (non-hydrogen) atoms. The fraction of sp³-hybridized carbons (Fsp3) is 0.387. The van der Waals surface area contributed by atoms with Crippen molar-refractivity contribution in [3.63, 3.8) is 0 Å². The highest BCUT2D eigenvalue weighted by molar-refractivity contribution is 6.13. The second-order valence-corrected chi connectivity index (χ2v) is 11.3. The Kier molecular flexibility index (Phi) is 6.91. The molecule has 3 fully saturated rings. The van der Waals surface area contributed by atoms with E-state index in [-0.39, 0.29) is 59.1 Å². The van der Waals surface area contributed by atoms with Gasteiger partial charge in [-0.2, -0.15) is 0 Å². The standard InChI is InChI=1S/C31H31FN6O4/c32-24-13-18(31(41)38-16-21-3-4-22(17-38)42-21)1-5-23(24)25-14-26(29-27(40)7-10-33-30(29)36-25)35-28-6-2-19(15-34-28)37-11-8-20(39)9-12-37/h1-2,5-6,10,13-15,20-22,39H,3-4,7-9,11-12,16-17H2,(H,34,35,36). The molecule has 2 unspecified atom stereocenters. The number of hydrogen-bond acceptors (Lipinski definition) is 9. The highest BCUT2D eigenvalue weighted by atomic mass is 19.1. The van der Waals surface area contributed by atoms with Crippen molar-refractivity contribution in [2.24, 2.45) is 4.99 Å². The summed E-state index contributed by atoms with van der Waals surface area (Å²) >= 11 is 0. The number of nitrogens with one attached hydrogen (secondary N) is 1. The van der Waals surface area contributed by atoms with Crippen molar-refractivity contribution in [3.8, 4) is 11.3 Å². The zero-order valence-corrected chi connectivity index (χ0v) is 23.0. The number of ketones is 1. The number of pyridine rings is 2. The number of Topliss-reactive ketones (excluding diaryl/α,β-unsaturated/α-hetero) is 1. The number of aliphatic hydroxyl groups excluding tert-OH is 1. The lowest BCUT2D eigenvalue weighted by atomic mass is 10.0. The van der Waals surface area contributed by atoms with Gasteiger partial charge in [0.2, 0.25) is 0 Å². The number of likely N-dealkylation sites (tertiary alicyclic amines) is 1. The van der Waals surface area contributed by atoms with Gasteiger partial charge in [-0.3, -0.25) is 9.59 Å². The van der Waals surface area contributed by atoms with Crippen molar-refractivity contribution >= 4 is 40.9 Å². The van der Waals surface area contributed by atoms with E-state index in [0.29, 0.717) is 43.0 Å². The van der Waals surface area contributed by atoms with Gasteiger partial charge in [0, 0.05) is 49.9 Å². The summed E-state index contributed by atoms with van der Waals surface area (Å²) in [6.07, 6.45) is 6.55. The number of carbonyl (C=O) groups excluding carboxylic acids is 2. The van der Waals surface area contributed by atoms with Crippen LogP contribution in [0.5, 0.6) is 0 Å². The number of rotatable bonds is 5. The van der Waals surface area contributed by atoms with Gasteiger partial charge >= 0.3 is 0 Å². The van der Waals surface area contributed by atoms with E-state index in [1.807, 2.05) is 12.1 Å². The van der Waals surface area contributed by atoms with E-state index >= 15 is 4.39 Å². The van der Waals surface area contributed by atoms with Crippen LogP contribution >= 0.6 is 0 Å². The predicted octanol–water partition coefficient (Wildman–Crippen LogP) is 4.28. The number of piperidine rings is 1. The molecule has 3 saturated heterocycles. The lowest BCUT2D eigenvalue weighted by molar-refractivity contribution is -0.0303. The number of nitrogens with zero attached hydrogens (tertiary/aromatic N) is 5. The van der Waals surface area contributed by atoms with Crippen LogP contribution in [0.15, 0.2) is 47.6 Å². The Labute approximate surface area is 242 Å². The van der Waals surface area contributed by atoms with E-state index < -0.39 is 5.82 Å². The van der Waals surface area contributed by atoms with Crippen LogP contribution in [-0.4, -0.2) is 82.4 Å². The van der Waals surface area contributed by atoms with Gasteiger partial charge < -0.3 is 25.0 Å². The molecule has 0 spiro atoms. The molecule has 3 aromatic rings. The molecule has 1 aromatic carbocycles. The van der Waals surface area contributed by atoms with Crippen LogP contribution in [0.25, 0.3) is 11.3 Å². The summed E-state index contributed by atoms with van der Waals surface area (Å²) in [6.45, 7) is 2.55. The second kappa shape index (κ2) is 10.9. The third-order valence-electron chi connectivity index (χ3n) is 8.43. The third kappa shape index (κ3) is 5.14. The quantitative estimate of drug-likeness (QED) is 0.467. The van der Waals surface area contributed by atoms with Crippen LogP contribution in [0, 0.1) is 5.82 Å². The fourth-order valence-corrected chi connectivity index (χ4v) is 6.18. The van der Waals surface area contributed by atoms with Crippen LogP contribution in [0.4, 0.5) is 27.4 Å². The molecule has 2 aromatic heterocycles. The zero-order valence-electron chi connectivity index (χ0n) is 23.0. The second-order valence-electron chi connectivity index (χ2n) is 11.3. The molecule has 10 nitrogen and oxygen atoms in total. The maximum atomic E-state index is 15.5. The van der Waals surface area contributed by atoms with Crippen LogP contribution in [0.2, 0.25) is 0 Å². The van der Waals surface area contributed by atoms with Gasteiger partial charge in [0.15, 0.2) is 11.6 Å². The Hall–Kier alpha value is -4.22. The predicted molar refractivity (Wildman–Crippen MR) is 156 cm³/mol. The van der Waals surface area contributed by atoms with E-state index in [2.05, 4.69) is 25.2 Å². The summed E-state index contributed by atoms with van der Waals surface area (Å²) < 4.78 is 21.4. The molecular formula is C31H31FN6O4. The summed E-state index contributed by atoms with van der Waals surface area (Å²) in [5.41, 5.74) is 2.46. The Morgan fingerprint density at radius 1 is 1.05 bits per heavy atom. The normalized spacial score (nSPS) is 21.9. The van der Waals surface area contributed by atoms with E-state index in [1.165, 1.54) is 12.3 Å². The number of morpholine rings is 1. The van der Waals surface area contributed by atoms with Gasteiger partial charge in [-0.15, -0.1) is 0 Å². The van der Waals surface area contributed by atoms with Gasteiger partial charge in [-0.1, -0.05) is 0 Å². The van der Waals surface area contributed by atoms with Gasteiger partial charge in [0.25, 0.3) is 5.91 Å². The lowest BCUT2D eigenvalue weighted by Crippen LogP contribution is -2.45. The Bertz CT molecular complexity index is 1560. The van der Waals surface area contributed by atoms with Gasteiger partial charge in [0.05, 0.1) is 47.1 Å². The number of halogens is 1. The average Bonchev–Trinajstić information content (AvgIpc) is 3.34. The molecule has 0 saturated carbocycles. The summed E-state index contributed by atoms with van der Waals surface area (Å²) in [7, 11) is 0. The van der Waals surface area contributed by atoms with Gasteiger partial charge in [0.1, 0.15) is 11.6 Å². The number of aliphatic hydroxyl groups is 1. The largest absolute Gasteiger partial charge is 0.393 e. The van der Waals surface area contributed by atoms with E-state index in [9.17, 15) is 14.7 Å². The molecule has 216 valence electrons. The molecule has 11 heteroatoms. The first kappa shape index (κ1) is 26.7. The number of aliphatic imine (C=N–C) groups is 1. The Morgan fingerprint density at radius 3 is 2.55 bits per heavy atom. The number of benzene rings is 1. The van der Waals surface area contributed by atoms with Crippen LogP contribution in [0.1, 0.15) is 52.8 Å². The number of anilines is 3. The van der Waals surface area contributed by atoms with E-state index in [0.717, 1.165) is 31.6 Å². The molecule has 7 rings (SSSR count). The molecule has 2 N–H and O–H groups in total. The fourth-order valence-electron chi connectivity index (χ4n) is 6.18.